The molecule has 4 aromatic rings. The van der Waals surface area contributed by atoms with Crippen molar-refractivity contribution in [1.82, 2.24) is 19.5 Å². The molecule has 4 rings (SSSR count). The summed E-state index contributed by atoms with van der Waals surface area (Å²) in [7, 11) is 1.64. The van der Waals surface area contributed by atoms with Crippen LogP contribution in [0.1, 0.15) is 5.56 Å². The van der Waals surface area contributed by atoms with E-state index in [0.29, 0.717) is 11.8 Å². The van der Waals surface area contributed by atoms with Gasteiger partial charge in [0.25, 0.3) is 0 Å². The number of nitrogens with one attached hydrogen (secondary N) is 2. The molecule has 0 spiro atoms. The minimum Gasteiger partial charge on any atom is -0.497 e. The Morgan fingerprint density at radius 1 is 1.03 bits per heavy atom. The number of aromatic nitrogens is 4. The monoisotopic (exact) mass is 450 g/mol. The first-order valence-electron chi connectivity index (χ1n) is 8.92. The number of ether oxygens (including phenoxy) is 1. The molecule has 0 radical (unpaired) electrons. The van der Waals surface area contributed by atoms with Crippen molar-refractivity contribution < 1.29 is 4.74 Å². The van der Waals surface area contributed by atoms with E-state index in [1.165, 1.54) is 0 Å². The highest BCUT2D eigenvalue weighted by molar-refractivity contribution is 9.10. The first kappa shape index (κ1) is 18.9. The van der Waals surface area contributed by atoms with Gasteiger partial charge in [-0.2, -0.15) is 4.98 Å². The summed E-state index contributed by atoms with van der Waals surface area (Å²) in [6.07, 6.45) is 7.18. The molecular formula is C21H19BrN6O. The summed E-state index contributed by atoms with van der Waals surface area (Å²) in [5.74, 6) is 1.97. The highest BCUT2D eigenvalue weighted by atomic mass is 79.9. The number of benzene rings is 2. The molecule has 0 fully saturated rings. The Morgan fingerprint density at radius 3 is 2.52 bits per heavy atom. The number of halogens is 1. The highest BCUT2D eigenvalue weighted by Crippen LogP contribution is 2.27. The molecule has 2 aromatic carbocycles. The largest absolute Gasteiger partial charge is 0.497 e. The van der Waals surface area contributed by atoms with Crippen molar-refractivity contribution in [2.75, 3.05) is 17.7 Å². The number of rotatable bonds is 6. The first-order valence-corrected chi connectivity index (χ1v) is 9.71. The molecule has 2 N–H and O–H groups in total. The molecule has 2 aromatic heterocycles. The van der Waals surface area contributed by atoms with Crippen LogP contribution in [0.15, 0.2) is 71.9 Å². The number of imidazole rings is 1. The maximum absolute atomic E-state index is 5.19. The van der Waals surface area contributed by atoms with E-state index in [1.54, 1.807) is 25.8 Å². The van der Waals surface area contributed by atoms with E-state index in [2.05, 4.69) is 54.5 Å². The lowest BCUT2D eigenvalue weighted by Gasteiger charge is -2.12. The minimum absolute atomic E-state index is 0.499. The van der Waals surface area contributed by atoms with Gasteiger partial charge < -0.3 is 19.9 Å². The third kappa shape index (κ3) is 4.38. The Labute approximate surface area is 176 Å². The molecular weight excluding hydrogens is 432 g/mol. The highest BCUT2D eigenvalue weighted by Gasteiger charge is 2.08. The number of nitrogens with zero attached hydrogens (tertiary/aromatic N) is 4. The van der Waals surface area contributed by atoms with Crippen molar-refractivity contribution in [1.29, 1.82) is 0 Å². The van der Waals surface area contributed by atoms with Gasteiger partial charge in [0.05, 0.1) is 17.9 Å². The van der Waals surface area contributed by atoms with E-state index in [9.17, 15) is 0 Å². The van der Waals surface area contributed by atoms with E-state index in [0.717, 1.165) is 32.8 Å². The average molecular weight is 451 g/mol. The molecule has 0 saturated carbocycles. The SMILES string of the molecule is COc1ccc(Nc2nc(Nc3ccc(-n4ccnc4)c(C)c3)ncc2Br)cc1. The van der Waals surface area contributed by atoms with Gasteiger partial charge in [-0.15, -0.1) is 0 Å². The molecule has 0 aliphatic rings. The van der Waals surface area contributed by atoms with Crippen LogP contribution in [-0.4, -0.2) is 26.6 Å². The zero-order valence-corrected chi connectivity index (χ0v) is 17.5. The van der Waals surface area contributed by atoms with E-state index in [1.807, 2.05) is 47.2 Å². The van der Waals surface area contributed by atoms with Crippen LogP contribution in [0.3, 0.4) is 0 Å². The van der Waals surface area contributed by atoms with Crippen LogP contribution in [0.2, 0.25) is 0 Å². The van der Waals surface area contributed by atoms with Gasteiger partial charge >= 0.3 is 0 Å². The fraction of sp³-hybridized carbons (Fsp3) is 0.0952. The standard InChI is InChI=1S/C21H19BrN6O/c1-14-11-16(5-8-19(14)28-10-9-23-13-28)26-21-24-12-18(22)20(27-21)25-15-3-6-17(29-2)7-4-15/h3-13H,1-2H3,(H2,24,25,26,27). The molecule has 0 aliphatic carbocycles. The Bertz CT molecular complexity index is 1110. The van der Waals surface area contributed by atoms with E-state index in [4.69, 9.17) is 4.74 Å². The van der Waals surface area contributed by atoms with E-state index < -0.39 is 0 Å². The quantitative estimate of drug-likeness (QED) is 0.418. The second kappa shape index (κ2) is 8.32. The smallest absolute Gasteiger partial charge is 0.229 e. The molecule has 29 heavy (non-hydrogen) atoms. The van der Waals surface area contributed by atoms with Crippen LogP contribution in [0.4, 0.5) is 23.1 Å². The molecule has 2 heterocycles. The summed E-state index contributed by atoms with van der Waals surface area (Å²) in [5.41, 5.74) is 3.99. The predicted molar refractivity (Wildman–Crippen MR) is 118 cm³/mol. The molecule has 0 atom stereocenters. The summed E-state index contributed by atoms with van der Waals surface area (Å²) >= 11 is 3.50. The lowest BCUT2D eigenvalue weighted by Crippen LogP contribution is -2.02. The van der Waals surface area contributed by atoms with Crippen LogP contribution in [0, 0.1) is 6.92 Å². The van der Waals surface area contributed by atoms with Crippen LogP contribution < -0.4 is 15.4 Å². The maximum Gasteiger partial charge on any atom is 0.229 e. The second-order valence-corrected chi connectivity index (χ2v) is 7.19. The number of hydrogen-bond donors (Lipinski definition) is 2. The topological polar surface area (TPSA) is 76.9 Å². The Balaban J connectivity index is 1.53. The van der Waals surface area contributed by atoms with Crippen LogP contribution in [-0.2, 0) is 0 Å². The Hall–Kier alpha value is -3.39. The molecule has 7 nitrogen and oxygen atoms in total. The summed E-state index contributed by atoms with van der Waals surface area (Å²) in [6.45, 7) is 2.06. The van der Waals surface area contributed by atoms with Crippen molar-refractivity contribution in [3.8, 4) is 11.4 Å². The molecule has 0 amide bonds. The first-order chi connectivity index (χ1) is 14.1. The number of aryl methyl sites for hydroxylation is 1. The second-order valence-electron chi connectivity index (χ2n) is 6.34. The number of hydrogen-bond acceptors (Lipinski definition) is 6. The van der Waals surface area contributed by atoms with Crippen LogP contribution >= 0.6 is 15.9 Å². The summed E-state index contributed by atoms with van der Waals surface area (Å²) in [4.78, 5) is 13.0. The third-order valence-electron chi connectivity index (χ3n) is 4.33. The van der Waals surface area contributed by atoms with Crippen LogP contribution in [0.5, 0.6) is 5.75 Å². The zero-order valence-electron chi connectivity index (χ0n) is 15.9. The van der Waals surface area contributed by atoms with Gasteiger partial charge in [-0.1, -0.05) is 0 Å². The predicted octanol–water partition coefficient (Wildman–Crippen LogP) is 5.23. The summed E-state index contributed by atoms with van der Waals surface area (Å²) in [6, 6.07) is 13.7. The normalized spacial score (nSPS) is 10.6. The lowest BCUT2D eigenvalue weighted by atomic mass is 10.1. The van der Waals surface area contributed by atoms with E-state index in [-0.39, 0.29) is 0 Å². The average Bonchev–Trinajstić information content (AvgIpc) is 3.26. The van der Waals surface area contributed by atoms with Gasteiger partial charge in [0.2, 0.25) is 5.95 Å². The molecule has 0 unspecified atom stereocenters. The van der Waals surface area contributed by atoms with Gasteiger partial charge in [0.1, 0.15) is 11.6 Å². The Kier molecular flexibility index (Phi) is 5.44. The fourth-order valence-corrected chi connectivity index (χ4v) is 3.17. The van der Waals surface area contributed by atoms with Crippen molar-refractivity contribution >= 4 is 39.1 Å². The number of methoxy groups -OCH3 is 1. The van der Waals surface area contributed by atoms with Crippen LogP contribution in [0.25, 0.3) is 5.69 Å². The molecule has 8 heteroatoms. The van der Waals surface area contributed by atoms with Crippen molar-refractivity contribution in [3.05, 3.63) is 77.4 Å². The molecule has 0 bridgehead atoms. The minimum atomic E-state index is 0.499. The zero-order chi connectivity index (χ0) is 20.2. The van der Waals surface area contributed by atoms with Gasteiger partial charge in [-0.25, -0.2) is 9.97 Å². The molecule has 0 saturated heterocycles. The third-order valence-corrected chi connectivity index (χ3v) is 4.91. The number of anilines is 4. The summed E-state index contributed by atoms with van der Waals surface area (Å²) < 4.78 is 7.94. The van der Waals surface area contributed by atoms with Gasteiger partial charge in [0.15, 0.2) is 0 Å². The van der Waals surface area contributed by atoms with Crippen molar-refractivity contribution in [3.63, 3.8) is 0 Å². The molecule has 0 aliphatic heterocycles. The van der Waals surface area contributed by atoms with Gasteiger partial charge in [-0.05, 0) is 70.9 Å². The van der Waals surface area contributed by atoms with Crippen molar-refractivity contribution in [2.45, 2.75) is 6.92 Å². The molecule has 146 valence electrons. The Morgan fingerprint density at radius 2 is 1.83 bits per heavy atom. The van der Waals surface area contributed by atoms with E-state index >= 15 is 0 Å². The van der Waals surface area contributed by atoms with Gasteiger partial charge in [-0.3, -0.25) is 0 Å². The maximum atomic E-state index is 5.19. The fourth-order valence-electron chi connectivity index (χ4n) is 2.88. The van der Waals surface area contributed by atoms with Crippen molar-refractivity contribution in [2.24, 2.45) is 0 Å². The lowest BCUT2D eigenvalue weighted by molar-refractivity contribution is 0.415. The summed E-state index contributed by atoms with van der Waals surface area (Å²) in [5, 5.41) is 6.55. The van der Waals surface area contributed by atoms with Gasteiger partial charge in [0, 0.05) is 35.7 Å².